The summed E-state index contributed by atoms with van der Waals surface area (Å²) in [7, 11) is 0. The van der Waals surface area contributed by atoms with Crippen LogP contribution in [0.4, 0.5) is 0 Å². The lowest BCUT2D eigenvalue weighted by Crippen LogP contribution is -2.58. The highest BCUT2D eigenvalue weighted by atomic mass is 16.6. The Morgan fingerprint density at radius 2 is 1.47 bits per heavy atom. The summed E-state index contributed by atoms with van der Waals surface area (Å²) in [4.78, 5) is 36.2. The van der Waals surface area contributed by atoms with Crippen molar-refractivity contribution in [2.24, 2.45) is 45.3 Å². The number of carbonyl (C=O) groups excluding carboxylic acids is 3. The summed E-state index contributed by atoms with van der Waals surface area (Å²) in [5.74, 6) is 0.518. The Morgan fingerprint density at radius 1 is 0.837 bits per heavy atom. The van der Waals surface area contributed by atoms with Gasteiger partial charge in [-0.05, 0) is 98.7 Å². The van der Waals surface area contributed by atoms with E-state index in [0.717, 1.165) is 44.9 Å². The summed E-state index contributed by atoms with van der Waals surface area (Å²) < 4.78 is 24.1. The normalized spacial score (nSPS) is 45.1. The summed E-state index contributed by atoms with van der Waals surface area (Å²) in [5, 5.41) is 0. The molecule has 4 aliphatic carbocycles. The van der Waals surface area contributed by atoms with Gasteiger partial charge in [-0.3, -0.25) is 14.4 Å². The van der Waals surface area contributed by atoms with Gasteiger partial charge in [0.25, 0.3) is 0 Å². The van der Waals surface area contributed by atoms with Gasteiger partial charge in [-0.1, -0.05) is 53.2 Å². The van der Waals surface area contributed by atoms with Crippen molar-refractivity contribution >= 4 is 17.9 Å². The van der Waals surface area contributed by atoms with Crippen molar-refractivity contribution in [3.05, 3.63) is 11.6 Å². The maximum Gasteiger partial charge on any atom is 0.303 e. The Bertz CT molecular complexity index is 1190. The first kappa shape index (κ1) is 32.5. The first-order valence-electron chi connectivity index (χ1n) is 16.7. The van der Waals surface area contributed by atoms with Crippen LogP contribution in [0.5, 0.6) is 0 Å². The number of ether oxygens (including phenoxy) is 4. The lowest BCUT2D eigenvalue weighted by molar-refractivity contribution is -0.175. The van der Waals surface area contributed by atoms with Crippen LogP contribution in [-0.2, 0) is 33.3 Å². The van der Waals surface area contributed by atoms with Gasteiger partial charge in [0.05, 0.1) is 0 Å². The van der Waals surface area contributed by atoms with Gasteiger partial charge in [0.1, 0.15) is 17.8 Å². The number of carbonyl (C=O) groups is 3. The van der Waals surface area contributed by atoms with Crippen molar-refractivity contribution in [3.63, 3.8) is 0 Å². The van der Waals surface area contributed by atoms with Crippen molar-refractivity contribution in [2.45, 2.75) is 151 Å². The number of esters is 3. The first-order chi connectivity index (χ1) is 19.8. The van der Waals surface area contributed by atoms with Crippen LogP contribution in [0.25, 0.3) is 0 Å². The predicted octanol–water partition coefficient (Wildman–Crippen LogP) is 7.20. The second-order valence-electron chi connectivity index (χ2n) is 16.5. The topological polar surface area (TPSA) is 88.1 Å². The van der Waals surface area contributed by atoms with E-state index in [9.17, 15) is 14.4 Å². The molecule has 11 atom stereocenters. The molecule has 7 heteroatoms. The van der Waals surface area contributed by atoms with Gasteiger partial charge in [0.15, 0.2) is 12.2 Å². The van der Waals surface area contributed by atoms with Crippen molar-refractivity contribution in [1.82, 2.24) is 0 Å². The Kier molecular flexibility index (Phi) is 8.01. The number of rotatable bonds is 5. The monoisotopic (exact) mass is 600 g/mol. The molecule has 7 nitrogen and oxygen atoms in total. The molecule has 0 aromatic carbocycles. The number of hydrogen-bond donors (Lipinski definition) is 0. The molecule has 0 aromatic heterocycles. The second kappa shape index (κ2) is 10.6. The average Bonchev–Trinajstić information content (AvgIpc) is 3.29. The quantitative estimate of drug-likeness (QED) is 0.187. The fourth-order valence-electron chi connectivity index (χ4n) is 11.4. The zero-order valence-corrected chi connectivity index (χ0v) is 28.5. The third-order valence-electron chi connectivity index (χ3n) is 13.6. The Morgan fingerprint density at radius 3 is 2.07 bits per heavy atom. The zero-order valence-electron chi connectivity index (χ0n) is 28.5. The Balaban J connectivity index is 1.44. The molecule has 3 unspecified atom stereocenters. The van der Waals surface area contributed by atoms with Gasteiger partial charge in [-0.25, -0.2) is 0 Å². The van der Waals surface area contributed by atoms with E-state index in [2.05, 4.69) is 47.6 Å². The van der Waals surface area contributed by atoms with Gasteiger partial charge in [-0.15, -0.1) is 0 Å². The van der Waals surface area contributed by atoms with Crippen LogP contribution in [0.2, 0.25) is 0 Å². The van der Waals surface area contributed by atoms with Crippen molar-refractivity contribution < 1.29 is 33.3 Å². The second-order valence-corrected chi connectivity index (χ2v) is 16.5. The van der Waals surface area contributed by atoms with E-state index in [4.69, 9.17) is 18.9 Å². The van der Waals surface area contributed by atoms with E-state index >= 15 is 0 Å². The summed E-state index contributed by atoms with van der Waals surface area (Å²) in [6.45, 7) is 22.6. The molecule has 0 amide bonds. The van der Waals surface area contributed by atoms with Crippen molar-refractivity contribution in [3.8, 4) is 0 Å². The molecule has 5 aliphatic rings. The summed E-state index contributed by atoms with van der Waals surface area (Å²) >= 11 is 0. The number of allylic oxidation sites excluding steroid dienone is 2. The van der Waals surface area contributed by atoms with Crippen molar-refractivity contribution in [2.75, 3.05) is 0 Å². The molecule has 4 fully saturated rings. The highest BCUT2D eigenvalue weighted by Crippen LogP contribution is 2.73. The lowest BCUT2D eigenvalue weighted by Gasteiger charge is -2.64. The maximum absolute atomic E-state index is 12.2. The number of fused-ring (bicyclic) bond motifs is 5. The van der Waals surface area contributed by atoms with Crippen LogP contribution in [0.15, 0.2) is 11.6 Å². The van der Waals surface area contributed by atoms with Gasteiger partial charge >= 0.3 is 17.9 Å². The molecule has 0 spiro atoms. The van der Waals surface area contributed by atoms with E-state index in [1.54, 1.807) is 5.57 Å². The fraction of sp³-hybridized carbons (Fsp3) is 0.861. The van der Waals surface area contributed by atoms with E-state index in [1.165, 1.54) is 20.8 Å². The number of hydrogen-bond acceptors (Lipinski definition) is 7. The van der Waals surface area contributed by atoms with E-state index in [-0.39, 0.29) is 51.7 Å². The van der Waals surface area contributed by atoms with Crippen LogP contribution >= 0.6 is 0 Å². The summed E-state index contributed by atoms with van der Waals surface area (Å²) in [6.07, 6.45) is 8.45. The molecule has 0 aromatic rings. The third kappa shape index (κ3) is 4.89. The zero-order chi connectivity index (χ0) is 31.9. The molecule has 5 rings (SSSR count). The fourth-order valence-corrected chi connectivity index (χ4v) is 11.4. The van der Waals surface area contributed by atoms with E-state index in [0.29, 0.717) is 17.8 Å². The molecular weight excluding hydrogens is 544 g/mol. The SMILES string of the molecule is CC(=O)OC1C([C@H](C)[C@@H]2CC[C@]3(C)C4=CC[C@H]5C(C)(C)[C@H](OC(C)=O)CC[C@]5(C)[C@H]4CC[C@@]23C)OC(C)(C)C1OC(C)=O. The van der Waals surface area contributed by atoms with Crippen LogP contribution < -0.4 is 0 Å². The van der Waals surface area contributed by atoms with Gasteiger partial charge in [0, 0.05) is 26.2 Å². The smallest absolute Gasteiger partial charge is 0.303 e. The Labute approximate surface area is 259 Å². The molecule has 0 bridgehead atoms. The van der Waals surface area contributed by atoms with Gasteiger partial charge in [-0.2, -0.15) is 0 Å². The molecule has 242 valence electrons. The molecule has 1 aliphatic heterocycles. The van der Waals surface area contributed by atoms with Crippen LogP contribution in [0, 0.1) is 45.3 Å². The minimum absolute atomic E-state index is 0.0317. The van der Waals surface area contributed by atoms with Crippen LogP contribution in [0.3, 0.4) is 0 Å². The summed E-state index contributed by atoms with van der Waals surface area (Å²) in [6, 6.07) is 0. The third-order valence-corrected chi connectivity index (χ3v) is 13.6. The van der Waals surface area contributed by atoms with E-state index < -0.39 is 23.8 Å². The Hall–Kier alpha value is -1.89. The molecule has 1 heterocycles. The largest absolute Gasteiger partial charge is 0.462 e. The van der Waals surface area contributed by atoms with Gasteiger partial charge in [0.2, 0.25) is 0 Å². The molecule has 43 heavy (non-hydrogen) atoms. The maximum atomic E-state index is 12.2. The molecule has 0 radical (unpaired) electrons. The van der Waals surface area contributed by atoms with Crippen LogP contribution in [0.1, 0.15) is 121 Å². The van der Waals surface area contributed by atoms with Crippen LogP contribution in [-0.4, -0.2) is 47.9 Å². The van der Waals surface area contributed by atoms with E-state index in [1.807, 2.05) is 13.8 Å². The molecule has 3 saturated carbocycles. The predicted molar refractivity (Wildman–Crippen MR) is 164 cm³/mol. The minimum atomic E-state index is -0.765. The average molecular weight is 601 g/mol. The highest BCUT2D eigenvalue weighted by molar-refractivity contribution is 5.68. The standard InChI is InChI=1S/C36H56O7/c1-20(29-30(41-22(3)38)31(42-23(4)39)33(7,8)43-29)24-14-18-36(11)26-12-13-27-32(5,6)28(40-21(2)37)16-17-34(27,9)25(26)15-19-35(24,36)10/h12,20,24-25,27-31H,13-19H2,1-11H3/t20-,24+,25+,27+,28-,29?,30?,31?,34-,35+,36-/m1/s1. The molecule has 0 N–H and O–H groups in total. The highest BCUT2D eigenvalue weighted by Gasteiger charge is 2.67. The van der Waals surface area contributed by atoms with Gasteiger partial charge < -0.3 is 18.9 Å². The summed E-state index contributed by atoms with van der Waals surface area (Å²) in [5.41, 5.74) is 1.12. The molecule has 1 saturated heterocycles. The molecular formula is C36H56O7. The lowest BCUT2D eigenvalue weighted by atomic mass is 9.41. The van der Waals surface area contributed by atoms with Crippen molar-refractivity contribution in [1.29, 1.82) is 0 Å². The minimum Gasteiger partial charge on any atom is -0.462 e. The first-order valence-corrected chi connectivity index (χ1v) is 16.7.